The minimum absolute atomic E-state index is 0.0304. The Bertz CT molecular complexity index is 1200. The molecular formula is C25H32FN3O6S. The summed E-state index contributed by atoms with van der Waals surface area (Å²) in [6.45, 7) is 7.21. The standard InChI is InChI=1S/C25H32FN3O6S/c1-6-13-35-22(32)15-20(31)14-19(30)11-12-21-23(16(2)3)27-25(29(4)36(5,33)34)28-24(21)17-7-9-18(26)10-8-17/h6-12,16,19-20,30-31H,1,13-15H2,2-5H3/b12-11+/t19-,20-/m1/s1. The molecule has 11 heteroatoms. The van der Waals surface area contributed by atoms with Gasteiger partial charge in [0, 0.05) is 24.6 Å². The van der Waals surface area contributed by atoms with Gasteiger partial charge in [0.1, 0.15) is 12.4 Å². The maximum atomic E-state index is 13.6. The lowest BCUT2D eigenvalue weighted by Crippen LogP contribution is -2.27. The van der Waals surface area contributed by atoms with Crippen LogP contribution in [-0.4, -0.2) is 66.7 Å². The summed E-state index contributed by atoms with van der Waals surface area (Å²) in [6, 6.07) is 5.55. The van der Waals surface area contributed by atoms with Crippen LogP contribution in [0.15, 0.2) is 43.0 Å². The van der Waals surface area contributed by atoms with Gasteiger partial charge < -0.3 is 14.9 Å². The zero-order chi connectivity index (χ0) is 27.0. The Morgan fingerprint density at radius 1 is 1.22 bits per heavy atom. The van der Waals surface area contributed by atoms with E-state index < -0.39 is 34.0 Å². The van der Waals surface area contributed by atoms with Gasteiger partial charge >= 0.3 is 5.97 Å². The first-order valence-corrected chi connectivity index (χ1v) is 13.1. The molecule has 0 bridgehead atoms. The molecule has 2 N–H and O–H groups in total. The van der Waals surface area contributed by atoms with Gasteiger partial charge in [-0.05, 0) is 30.2 Å². The fourth-order valence-electron chi connectivity index (χ4n) is 3.25. The summed E-state index contributed by atoms with van der Waals surface area (Å²) in [7, 11) is -2.32. The highest BCUT2D eigenvalue weighted by Gasteiger charge is 2.22. The van der Waals surface area contributed by atoms with Gasteiger partial charge in [-0.2, -0.15) is 0 Å². The first-order valence-electron chi connectivity index (χ1n) is 11.3. The molecule has 1 aromatic heterocycles. The fourth-order valence-corrected chi connectivity index (χ4v) is 3.63. The molecule has 0 amide bonds. The maximum Gasteiger partial charge on any atom is 0.308 e. The first-order chi connectivity index (χ1) is 16.8. The molecule has 1 heterocycles. The Morgan fingerprint density at radius 2 is 1.86 bits per heavy atom. The number of carbonyl (C=O) groups excluding carboxylic acids is 1. The van der Waals surface area contributed by atoms with Crippen LogP contribution in [0.4, 0.5) is 10.3 Å². The zero-order valence-electron chi connectivity index (χ0n) is 20.8. The molecule has 0 unspecified atom stereocenters. The third-order valence-corrected chi connectivity index (χ3v) is 6.33. The third kappa shape index (κ3) is 8.21. The number of aliphatic hydroxyl groups is 2. The summed E-state index contributed by atoms with van der Waals surface area (Å²) in [5, 5.41) is 20.6. The number of benzene rings is 1. The number of esters is 1. The van der Waals surface area contributed by atoms with Crippen LogP contribution in [0.25, 0.3) is 17.3 Å². The van der Waals surface area contributed by atoms with E-state index in [4.69, 9.17) is 4.74 Å². The van der Waals surface area contributed by atoms with Crippen molar-refractivity contribution in [2.45, 2.75) is 44.8 Å². The van der Waals surface area contributed by atoms with E-state index in [1.807, 2.05) is 13.8 Å². The molecule has 0 aliphatic heterocycles. The molecule has 0 fully saturated rings. The average Bonchev–Trinajstić information content (AvgIpc) is 2.80. The molecule has 0 spiro atoms. The quantitative estimate of drug-likeness (QED) is 0.322. The number of hydrogen-bond donors (Lipinski definition) is 2. The van der Waals surface area contributed by atoms with Crippen molar-refractivity contribution >= 4 is 28.0 Å². The van der Waals surface area contributed by atoms with Crippen molar-refractivity contribution < 1.29 is 32.6 Å². The van der Waals surface area contributed by atoms with Crippen LogP contribution in [0.5, 0.6) is 0 Å². The Labute approximate surface area is 211 Å². The summed E-state index contributed by atoms with van der Waals surface area (Å²) < 4.78 is 43.6. The summed E-state index contributed by atoms with van der Waals surface area (Å²) in [5.74, 6) is -1.27. The Morgan fingerprint density at radius 3 is 2.42 bits per heavy atom. The second-order valence-corrected chi connectivity index (χ2v) is 10.6. The second-order valence-electron chi connectivity index (χ2n) is 8.56. The van der Waals surface area contributed by atoms with Crippen molar-refractivity contribution in [1.29, 1.82) is 0 Å². The summed E-state index contributed by atoms with van der Waals surface area (Å²) in [6.07, 6.45) is 2.78. The van der Waals surface area contributed by atoms with Crippen molar-refractivity contribution in [1.82, 2.24) is 9.97 Å². The first kappa shape index (κ1) is 29.1. The van der Waals surface area contributed by atoms with E-state index in [-0.39, 0.29) is 31.3 Å². The lowest BCUT2D eigenvalue weighted by Gasteiger charge is -2.20. The number of aromatic nitrogens is 2. The Balaban J connectivity index is 2.47. The molecule has 0 radical (unpaired) electrons. The van der Waals surface area contributed by atoms with E-state index in [1.165, 1.54) is 43.5 Å². The number of anilines is 1. The molecule has 36 heavy (non-hydrogen) atoms. The summed E-state index contributed by atoms with van der Waals surface area (Å²) in [4.78, 5) is 20.6. The van der Waals surface area contributed by atoms with Crippen molar-refractivity contribution in [2.24, 2.45) is 0 Å². The Hall–Kier alpha value is -3.15. The van der Waals surface area contributed by atoms with Crippen LogP contribution < -0.4 is 4.31 Å². The van der Waals surface area contributed by atoms with Gasteiger partial charge in [-0.15, -0.1) is 0 Å². The minimum Gasteiger partial charge on any atom is -0.461 e. The van der Waals surface area contributed by atoms with Gasteiger partial charge in [0.15, 0.2) is 0 Å². The normalized spacial score (nSPS) is 13.6. The van der Waals surface area contributed by atoms with Gasteiger partial charge in [-0.25, -0.2) is 27.1 Å². The van der Waals surface area contributed by atoms with Crippen LogP contribution >= 0.6 is 0 Å². The van der Waals surface area contributed by atoms with Gasteiger partial charge in [0.05, 0.1) is 36.3 Å². The Kier molecular flexibility index (Phi) is 10.3. The largest absolute Gasteiger partial charge is 0.461 e. The van der Waals surface area contributed by atoms with Crippen molar-refractivity contribution in [3.05, 3.63) is 60.1 Å². The van der Waals surface area contributed by atoms with E-state index in [2.05, 4.69) is 16.5 Å². The molecular weight excluding hydrogens is 489 g/mol. The minimum atomic E-state index is -3.65. The molecule has 2 atom stereocenters. The van der Waals surface area contributed by atoms with Gasteiger partial charge in [0.25, 0.3) is 0 Å². The molecule has 9 nitrogen and oxygen atoms in total. The van der Waals surface area contributed by atoms with Crippen molar-refractivity contribution in [3.63, 3.8) is 0 Å². The number of rotatable bonds is 12. The topological polar surface area (TPSA) is 130 Å². The molecule has 2 aromatic rings. The number of carbonyl (C=O) groups is 1. The highest BCUT2D eigenvalue weighted by Crippen LogP contribution is 2.31. The van der Waals surface area contributed by atoms with Crippen LogP contribution in [0, 0.1) is 5.82 Å². The number of hydrogen-bond acceptors (Lipinski definition) is 8. The van der Waals surface area contributed by atoms with Gasteiger partial charge in [0.2, 0.25) is 16.0 Å². The second kappa shape index (κ2) is 12.7. The van der Waals surface area contributed by atoms with Crippen molar-refractivity contribution in [3.8, 4) is 11.3 Å². The number of aliphatic hydroxyl groups excluding tert-OH is 2. The smallest absolute Gasteiger partial charge is 0.308 e. The summed E-state index contributed by atoms with van der Waals surface area (Å²) >= 11 is 0. The molecule has 1 aromatic carbocycles. The van der Waals surface area contributed by atoms with Crippen LogP contribution in [0.2, 0.25) is 0 Å². The third-order valence-electron chi connectivity index (χ3n) is 5.17. The SMILES string of the molecule is C=CCOC(=O)C[C@H](O)C[C@H](O)/C=C/c1c(-c2ccc(F)cc2)nc(N(C)S(C)(=O)=O)nc1C(C)C. The van der Waals surface area contributed by atoms with Gasteiger partial charge in [-0.1, -0.05) is 38.7 Å². The lowest BCUT2D eigenvalue weighted by molar-refractivity contribution is -0.144. The molecule has 0 aliphatic rings. The number of sulfonamides is 1. The molecule has 0 saturated carbocycles. The number of ether oxygens (including phenoxy) is 1. The molecule has 0 saturated heterocycles. The number of nitrogens with zero attached hydrogens (tertiary/aromatic N) is 3. The van der Waals surface area contributed by atoms with E-state index >= 15 is 0 Å². The predicted octanol–water partition coefficient (Wildman–Crippen LogP) is 3.05. The van der Waals surface area contributed by atoms with E-state index in [0.717, 1.165) is 10.6 Å². The lowest BCUT2D eigenvalue weighted by atomic mass is 9.97. The van der Waals surface area contributed by atoms with Gasteiger partial charge in [-0.3, -0.25) is 4.79 Å². The average molecular weight is 522 g/mol. The highest BCUT2D eigenvalue weighted by molar-refractivity contribution is 7.92. The van der Waals surface area contributed by atoms with Crippen molar-refractivity contribution in [2.75, 3.05) is 24.2 Å². The number of halogens is 1. The molecule has 196 valence electrons. The van der Waals surface area contributed by atoms with Crippen LogP contribution in [-0.2, 0) is 19.6 Å². The fraction of sp³-hybridized carbons (Fsp3) is 0.400. The molecule has 0 aliphatic carbocycles. The maximum absolute atomic E-state index is 13.6. The van der Waals surface area contributed by atoms with E-state index in [0.29, 0.717) is 22.5 Å². The van der Waals surface area contributed by atoms with E-state index in [9.17, 15) is 27.8 Å². The predicted molar refractivity (Wildman–Crippen MR) is 136 cm³/mol. The monoisotopic (exact) mass is 521 g/mol. The highest BCUT2D eigenvalue weighted by atomic mass is 32.2. The summed E-state index contributed by atoms with van der Waals surface area (Å²) in [5.41, 5.74) is 1.87. The molecule has 2 rings (SSSR count). The van der Waals surface area contributed by atoms with Crippen LogP contribution in [0.3, 0.4) is 0 Å². The zero-order valence-corrected chi connectivity index (χ0v) is 21.6. The van der Waals surface area contributed by atoms with Crippen LogP contribution in [0.1, 0.15) is 43.9 Å². The van der Waals surface area contributed by atoms with E-state index in [1.54, 1.807) is 6.08 Å².